The summed E-state index contributed by atoms with van der Waals surface area (Å²) < 4.78 is 0. The lowest BCUT2D eigenvalue weighted by Crippen LogP contribution is -2.37. The third-order valence-corrected chi connectivity index (χ3v) is 5.26. The number of hydrogen-bond acceptors (Lipinski definition) is 2. The lowest BCUT2D eigenvalue weighted by atomic mass is 9.93. The standard InChI is InChI=1S/C22H18ClN3/c23-15-10-11-20-17(12-15)21(14-6-2-1-3-7-14)26-22(25-20)18-13-24-19-9-5-4-8-16(18)19/h1-13,21-22,24-26H. The van der Waals surface area contributed by atoms with Crippen LogP contribution in [0.25, 0.3) is 10.9 Å². The Hall–Kier alpha value is -2.75. The number of para-hydroxylation sites is 1. The van der Waals surface area contributed by atoms with Crippen molar-refractivity contribution in [1.29, 1.82) is 0 Å². The lowest BCUT2D eigenvalue weighted by molar-refractivity contribution is 0.508. The molecule has 3 nitrogen and oxygen atoms in total. The smallest absolute Gasteiger partial charge is 0.106 e. The molecule has 3 aromatic carbocycles. The Labute approximate surface area is 157 Å². The van der Waals surface area contributed by atoms with Crippen molar-refractivity contribution < 1.29 is 0 Å². The Bertz CT molecular complexity index is 1070. The zero-order valence-electron chi connectivity index (χ0n) is 14.0. The van der Waals surface area contributed by atoms with Crippen molar-refractivity contribution >= 4 is 28.2 Å². The van der Waals surface area contributed by atoms with Crippen molar-refractivity contribution in [1.82, 2.24) is 10.3 Å². The fraction of sp³-hybridized carbons (Fsp3) is 0.0909. The van der Waals surface area contributed by atoms with E-state index in [1.54, 1.807) is 0 Å². The first-order valence-corrected chi connectivity index (χ1v) is 9.10. The second kappa shape index (κ2) is 6.20. The monoisotopic (exact) mass is 359 g/mol. The fourth-order valence-corrected chi connectivity index (χ4v) is 3.96. The van der Waals surface area contributed by atoms with Crippen LogP contribution in [0, 0.1) is 0 Å². The van der Waals surface area contributed by atoms with Crippen LogP contribution in [0.4, 0.5) is 5.69 Å². The lowest BCUT2D eigenvalue weighted by Gasteiger charge is -2.35. The van der Waals surface area contributed by atoms with Crippen LogP contribution in [0.1, 0.15) is 28.9 Å². The predicted molar refractivity (Wildman–Crippen MR) is 108 cm³/mol. The summed E-state index contributed by atoms with van der Waals surface area (Å²) >= 11 is 6.28. The molecule has 5 rings (SSSR count). The quantitative estimate of drug-likeness (QED) is 0.434. The molecule has 4 heteroatoms. The van der Waals surface area contributed by atoms with Crippen LogP contribution in [0.3, 0.4) is 0 Å². The molecule has 2 atom stereocenters. The average molecular weight is 360 g/mol. The van der Waals surface area contributed by atoms with Crippen molar-refractivity contribution in [2.24, 2.45) is 0 Å². The first kappa shape index (κ1) is 15.5. The largest absolute Gasteiger partial charge is 0.366 e. The van der Waals surface area contributed by atoms with Gasteiger partial charge >= 0.3 is 0 Å². The van der Waals surface area contributed by atoms with Crippen molar-refractivity contribution in [3.8, 4) is 0 Å². The highest BCUT2D eigenvalue weighted by Crippen LogP contribution is 2.39. The Balaban J connectivity index is 1.63. The third-order valence-electron chi connectivity index (χ3n) is 5.02. The van der Waals surface area contributed by atoms with E-state index in [0.29, 0.717) is 0 Å². The van der Waals surface area contributed by atoms with Crippen molar-refractivity contribution in [2.45, 2.75) is 12.2 Å². The normalized spacial score (nSPS) is 19.1. The molecule has 0 fully saturated rings. The molecule has 0 bridgehead atoms. The van der Waals surface area contributed by atoms with Crippen LogP contribution in [0.15, 0.2) is 79.0 Å². The molecule has 0 aliphatic carbocycles. The van der Waals surface area contributed by atoms with E-state index in [0.717, 1.165) is 16.2 Å². The number of nitrogens with one attached hydrogen (secondary N) is 3. The molecule has 1 aromatic heterocycles. The van der Waals surface area contributed by atoms with E-state index in [9.17, 15) is 0 Å². The van der Waals surface area contributed by atoms with Gasteiger partial charge in [0.2, 0.25) is 0 Å². The summed E-state index contributed by atoms with van der Waals surface area (Å²) in [5, 5.41) is 9.36. The van der Waals surface area contributed by atoms with Gasteiger partial charge in [-0.3, -0.25) is 5.32 Å². The summed E-state index contributed by atoms with van der Waals surface area (Å²) in [5.41, 5.74) is 5.85. The van der Waals surface area contributed by atoms with Gasteiger partial charge in [-0.2, -0.15) is 0 Å². The van der Waals surface area contributed by atoms with Crippen LogP contribution in [-0.2, 0) is 0 Å². The summed E-state index contributed by atoms with van der Waals surface area (Å²) in [5.74, 6) is 0. The van der Waals surface area contributed by atoms with Gasteiger partial charge in [-0.25, -0.2) is 0 Å². The second-order valence-corrected chi connectivity index (χ2v) is 7.05. The second-order valence-electron chi connectivity index (χ2n) is 6.61. The Morgan fingerprint density at radius 1 is 0.808 bits per heavy atom. The minimum atomic E-state index is 0.00466. The maximum absolute atomic E-state index is 6.28. The SMILES string of the molecule is Clc1ccc2c(c1)C(c1ccccc1)NC(c1c[nH]c3ccccc13)N2. The summed E-state index contributed by atoms with van der Waals surface area (Å²) in [6.07, 6.45) is 2.09. The summed E-state index contributed by atoms with van der Waals surface area (Å²) in [4.78, 5) is 3.37. The number of hydrogen-bond donors (Lipinski definition) is 3. The first-order valence-electron chi connectivity index (χ1n) is 8.72. The molecule has 26 heavy (non-hydrogen) atoms. The summed E-state index contributed by atoms with van der Waals surface area (Å²) in [7, 11) is 0. The summed E-state index contributed by atoms with van der Waals surface area (Å²) in [6, 6.07) is 25.0. The predicted octanol–water partition coefficient (Wildman–Crippen LogP) is 5.62. The molecule has 3 N–H and O–H groups in total. The van der Waals surface area contributed by atoms with Crippen LogP contribution in [0.2, 0.25) is 5.02 Å². The first-order chi connectivity index (χ1) is 12.8. The molecule has 4 aromatic rings. The maximum atomic E-state index is 6.28. The number of fused-ring (bicyclic) bond motifs is 2. The molecule has 0 radical (unpaired) electrons. The molecule has 0 spiro atoms. The highest BCUT2D eigenvalue weighted by atomic mass is 35.5. The minimum absolute atomic E-state index is 0.00466. The van der Waals surface area contributed by atoms with Gasteiger partial charge in [0.05, 0.1) is 6.04 Å². The van der Waals surface area contributed by atoms with Gasteiger partial charge in [-0.1, -0.05) is 60.1 Å². The topological polar surface area (TPSA) is 39.9 Å². The van der Waals surface area contributed by atoms with E-state index in [2.05, 4.69) is 76.4 Å². The van der Waals surface area contributed by atoms with Crippen LogP contribution >= 0.6 is 11.6 Å². The molecule has 0 saturated heterocycles. The maximum Gasteiger partial charge on any atom is 0.106 e. The van der Waals surface area contributed by atoms with Crippen LogP contribution in [-0.4, -0.2) is 4.98 Å². The number of halogens is 1. The molecule has 2 unspecified atom stereocenters. The molecular formula is C22H18ClN3. The zero-order chi connectivity index (χ0) is 17.5. The van der Waals surface area contributed by atoms with Gasteiger partial charge in [0.25, 0.3) is 0 Å². The Morgan fingerprint density at radius 3 is 2.50 bits per heavy atom. The number of rotatable bonds is 2. The number of aromatic nitrogens is 1. The van der Waals surface area contributed by atoms with Gasteiger partial charge in [-0.05, 0) is 35.4 Å². The van der Waals surface area contributed by atoms with Gasteiger partial charge in [-0.15, -0.1) is 0 Å². The molecule has 128 valence electrons. The van der Waals surface area contributed by atoms with Gasteiger partial charge < -0.3 is 10.3 Å². The van der Waals surface area contributed by atoms with E-state index in [1.165, 1.54) is 22.1 Å². The zero-order valence-corrected chi connectivity index (χ0v) is 14.8. The van der Waals surface area contributed by atoms with E-state index in [4.69, 9.17) is 11.6 Å². The molecule has 2 heterocycles. The average Bonchev–Trinajstić information content (AvgIpc) is 3.12. The number of H-pyrrole nitrogens is 1. The van der Waals surface area contributed by atoms with Crippen LogP contribution in [0.5, 0.6) is 0 Å². The Morgan fingerprint density at radius 2 is 1.62 bits per heavy atom. The fourth-order valence-electron chi connectivity index (χ4n) is 3.78. The van der Waals surface area contributed by atoms with Gasteiger partial charge in [0.1, 0.15) is 6.17 Å². The highest BCUT2D eigenvalue weighted by molar-refractivity contribution is 6.30. The van der Waals surface area contributed by atoms with Gasteiger partial charge in [0, 0.05) is 33.4 Å². The van der Waals surface area contributed by atoms with E-state index in [-0.39, 0.29) is 12.2 Å². The Kier molecular flexibility index (Phi) is 3.70. The highest BCUT2D eigenvalue weighted by Gasteiger charge is 2.29. The van der Waals surface area contributed by atoms with E-state index in [1.807, 2.05) is 18.2 Å². The van der Waals surface area contributed by atoms with E-state index < -0.39 is 0 Å². The van der Waals surface area contributed by atoms with Gasteiger partial charge in [0.15, 0.2) is 0 Å². The van der Waals surface area contributed by atoms with Crippen molar-refractivity contribution in [2.75, 3.05) is 5.32 Å². The van der Waals surface area contributed by atoms with Crippen molar-refractivity contribution in [3.05, 3.63) is 101 Å². The van der Waals surface area contributed by atoms with Crippen molar-refractivity contribution in [3.63, 3.8) is 0 Å². The summed E-state index contributed by atoms with van der Waals surface area (Å²) in [6.45, 7) is 0. The van der Waals surface area contributed by atoms with E-state index >= 15 is 0 Å². The molecule has 0 amide bonds. The molecule has 0 saturated carbocycles. The minimum Gasteiger partial charge on any atom is -0.366 e. The number of benzene rings is 3. The molecule has 1 aliphatic rings. The third kappa shape index (κ3) is 2.57. The molecular weight excluding hydrogens is 342 g/mol. The molecule has 1 aliphatic heterocycles. The number of aromatic amines is 1. The number of anilines is 1. The van der Waals surface area contributed by atoms with Crippen LogP contribution < -0.4 is 10.6 Å².